The van der Waals surface area contributed by atoms with Crippen molar-refractivity contribution in [1.29, 1.82) is 0 Å². The molecule has 2 atom stereocenters. The number of carbonyl (C=O) groups excluding carboxylic acids is 2. The number of imide groups is 1. The number of ether oxygens (including phenoxy) is 1. The molecule has 2 heterocycles. The molecule has 0 saturated carbocycles. The zero-order chi connectivity index (χ0) is 20.2. The van der Waals surface area contributed by atoms with E-state index in [1.165, 1.54) is 4.90 Å². The van der Waals surface area contributed by atoms with Crippen molar-refractivity contribution in [2.75, 3.05) is 19.7 Å². The fraction of sp³-hybridized carbons (Fsp3) is 0.391. The molecular weight excluding hydrogens is 368 g/mol. The van der Waals surface area contributed by atoms with Gasteiger partial charge < -0.3 is 14.7 Å². The highest BCUT2D eigenvalue weighted by Gasteiger charge is 2.46. The van der Waals surface area contributed by atoms with Gasteiger partial charge in [-0.05, 0) is 30.4 Å². The third-order valence-electron chi connectivity index (χ3n) is 5.58. The molecule has 2 aliphatic heterocycles. The van der Waals surface area contributed by atoms with Crippen molar-refractivity contribution in [3.8, 4) is 0 Å². The molecule has 0 radical (unpaired) electrons. The number of β-amino-alcohol motifs (C(OH)–C–C–N with tert-alkyl or cyclic N) is 1. The fourth-order valence-corrected chi connectivity index (χ4v) is 4.13. The number of aliphatic hydroxyl groups excluding tert-OH is 1. The zero-order valence-corrected chi connectivity index (χ0v) is 16.3. The molecule has 3 amide bonds. The molecule has 152 valence electrons. The first-order valence-corrected chi connectivity index (χ1v) is 10.2. The highest BCUT2D eigenvalue weighted by molar-refractivity contribution is 6.04. The van der Waals surface area contributed by atoms with Crippen molar-refractivity contribution in [3.05, 3.63) is 71.8 Å². The summed E-state index contributed by atoms with van der Waals surface area (Å²) in [6.07, 6.45) is 1.31. The number of benzene rings is 2. The summed E-state index contributed by atoms with van der Waals surface area (Å²) in [7, 11) is 0. The van der Waals surface area contributed by atoms with E-state index in [1.807, 2.05) is 60.7 Å². The highest BCUT2D eigenvalue weighted by Crippen LogP contribution is 2.28. The average molecular weight is 394 g/mol. The minimum Gasteiger partial charge on any atom is -0.389 e. The summed E-state index contributed by atoms with van der Waals surface area (Å²) >= 11 is 0. The first-order valence-electron chi connectivity index (χ1n) is 10.2. The van der Waals surface area contributed by atoms with Gasteiger partial charge >= 0.3 is 6.03 Å². The summed E-state index contributed by atoms with van der Waals surface area (Å²) < 4.78 is 6.06. The number of rotatable bonds is 7. The lowest BCUT2D eigenvalue weighted by Gasteiger charge is -2.26. The number of amides is 3. The quantitative estimate of drug-likeness (QED) is 0.733. The van der Waals surface area contributed by atoms with E-state index >= 15 is 0 Å². The summed E-state index contributed by atoms with van der Waals surface area (Å²) in [5.74, 6) is -0.198. The minimum absolute atomic E-state index is 0.0240. The Bertz CT molecular complexity index is 779. The van der Waals surface area contributed by atoms with Crippen LogP contribution in [0.3, 0.4) is 0 Å². The summed E-state index contributed by atoms with van der Waals surface area (Å²) in [5.41, 5.74) is 1.97. The van der Waals surface area contributed by atoms with E-state index in [9.17, 15) is 14.7 Å². The molecule has 2 aliphatic rings. The number of piperidine rings is 1. The van der Waals surface area contributed by atoms with E-state index in [1.54, 1.807) is 4.90 Å². The second-order valence-corrected chi connectivity index (χ2v) is 7.62. The molecule has 2 aromatic carbocycles. The molecule has 6 nitrogen and oxygen atoms in total. The van der Waals surface area contributed by atoms with Gasteiger partial charge in [-0.1, -0.05) is 60.7 Å². The molecule has 2 fully saturated rings. The lowest BCUT2D eigenvalue weighted by Crippen LogP contribution is -2.40. The molecule has 1 N–H and O–H groups in total. The van der Waals surface area contributed by atoms with Crippen molar-refractivity contribution in [1.82, 2.24) is 9.80 Å². The first kappa shape index (κ1) is 19.6. The third-order valence-corrected chi connectivity index (χ3v) is 5.58. The van der Waals surface area contributed by atoms with Crippen LogP contribution in [0.1, 0.15) is 36.5 Å². The van der Waals surface area contributed by atoms with Crippen LogP contribution in [0.25, 0.3) is 0 Å². The number of aliphatic hydroxyl groups is 1. The van der Waals surface area contributed by atoms with Crippen molar-refractivity contribution in [2.45, 2.75) is 37.5 Å². The van der Waals surface area contributed by atoms with Gasteiger partial charge in [0.05, 0.1) is 19.3 Å². The van der Waals surface area contributed by atoms with Crippen molar-refractivity contribution in [2.24, 2.45) is 0 Å². The predicted octanol–water partition coefficient (Wildman–Crippen LogP) is 2.97. The van der Waals surface area contributed by atoms with Crippen LogP contribution in [0.5, 0.6) is 0 Å². The molecule has 0 aromatic heterocycles. The molecule has 0 aliphatic carbocycles. The number of nitrogens with zero attached hydrogens (tertiary/aromatic N) is 2. The van der Waals surface area contributed by atoms with Gasteiger partial charge in [0.1, 0.15) is 12.1 Å². The highest BCUT2D eigenvalue weighted by atomic mass is 16.5. The van der Waals surface area contributed by atoms with Crippen LogP contribution in [0, 0.1) is 0 Å². The van der Waals surface area contributed by atoms with Gasteiger partial charge in [0.15, 0.2) is 0 Å². The average Bonchev–Trinajstić information content (AvgIpc) is 3.00. The minimum atomic E-state index is -0.945. The van der Waals surface area contributed by atoms with Gasteiger partial charge in [-0.2, -0.15) is 0 Å². The monoisotopic (exact) mass is 394 g/mol. The SMILES string of the molecule is O=C1[C@@H]2CCCCN2C(=O)N1C[C@@H](O)COC(c1ccccc1)c1ccccc1. The Hall–Kier alpha value is -2.70. The van der Waals surface area contributed by atoms with E-state index in [0.717, 1.165) is 24.0 Å². The number of hydrogen-bond acceptors (Lipinski definition) is 4. The van der Waals surface area contributed by atoms with Crippen LogP contribution >= 0.6 is 0 Å². The lowest BCUT2D eigenvalue weighted by atomic mass is 10.0. The summed E-state index contributed by atoms with van der Waals surface area (Å²) in [5, 5.41) is 10.5. The molecule has 0 unspecified atom stereocenters. The van der Waals surface area contributed by atoms with Crippen LogP contribution in [-0.4, -0.2) is 58.7 Å². The van der Waals surface area contributed by atoms with Gasteiger partial charge in [-0.25, -0.2) is 4.79 Å². The van der Waals surface area contributed by atoms with Crippen LogP contribution in [0.2, 0.25) is 0 Å². The Morgan fingerprint density at radius 1 is 0.966 bits per heavy atom. The van der Waals surface area contributed by atoms with Gasteiger partial charge in [-0.3, -0.25) is 9.69 Å². The predicted molar refractivity (Wildman–Crippen MR) is 108 cm³/mol. The Balaban J connectivity index is 1.41. The first-order chi connectivity index (χ1) is 14.1. The summed E-state index contributed by atoms with van der Waals surface area (Å²) in [6, 6.07) is 19.0. The van der Waals surface area contributed by atoms with E-state index in [0.29, 0.717) is 13.0 Å². The van der Waals surface area contributed by atoms with Crippen LogP contribution in [-0.2, 0) is 9.53 Å². The standard InChI is InChI=1S/C23H26N2O4/c26-19(15-25-22(27)20-13-7-8-14-24(20)23(25)28)16-29-21(17-9-3-1-4-10-17)18-11-5-2-6-12-18/h1-6,9-12,19-21,26H,7-8,13-16H2/t19-,20+/m1/s1. The van der Waals surface area contributed by atoms with E-state index in [2.05, 4.69) is 0 Å². The number of urea groups is 1. The van der Waals surface area contributed by atoms with E-state index in [4.69, 9.17) is 4.74 Å². The van der Waals surface area contributed by atoms with Gasteiger partial charge in [0.2, 0.25) is 0 Å². The Labute approximate surface area is 170 Å². The Kier molecular flexibility index (Phi) is 5.92. The van der Waals surface area contributed by atoms with Gasteiger partial charge in [-0.15, -0.1) is 0 Å². The molecule has 6 heteroatoms. The lowest BCUT2D eigenvalue weighted by molar-refractivity contribution is -0.130. The van der Waals surface area contributed by atoms with Crippen molar-refractivity contribution >= 4 is 11.9 Å². The summed E-state index contributed by atoms with van der Waals surface area (Å²) in [4.78, 5) is 27.9. The van der Waals surface area contributed by atoms with E-state index < -0.39 is 6.10 Å². The molecule has 2 aromatic rings. The molecule has 2 saturated heterocycles. The maximum Gasteiger partial charge on any atom is 0.327 e. The van der Waals surface area contributed by atoms with Crippen molar-refractivity contribution in [3.63, 3.8) is 0 Å². The van der Waals surface area contributed by atoms with Gasteiger partial charge in [0.25, 0.3) is 5.91 Å². The molecular formula is C23H26N2O4. The third kappa shape index (κ3) is 4.18. The maximum absolute atomic E-state index is 12.6. The zero-order valence-electron chi connectivity index (χ0n) is 16.3. The number of hydrogen-bond donors (Lipinski definition) is 1. The van der Waals surface area contributed by atoms with Gasteiger partial charge in [0, 0.05) is 6.54 Å². The molecule has 29 heavy (non-hydrogen) atoms. The molecule has 0 spiro atoms. The second kappa shape index (κ2) is 8.76. The smallest absolute Gasteiger partial charge is 0.327 e. The normalized spacial score (nSPS) is 20.3. The number of carbonyl (C=O) groups is 2. The molecule has 0 bridgehead atoms. The van der Waals surface area contributed by atoms with Crippen LogP contribution in [0.4, 0.5) is 4.79 Å². The molecule has 4 rings (SSSR count). The Morgan fingerprint density at radius 2 is 1.59 bits per heavy atom. The topological polar surface area (TPSA) is 70.1 Å². The fourth-order valence-electron chi connectivity index (χ4n) is 4.13. The largest absolute Gasteiger partial charge is 0.389 e. The van der Waals surface area contributed by atoms with Crippen LogP contribution < -0.4 is 0 Å². The van der Waals surface area contributed by atoms with Crippen molar-refractivity contribution < 1.29 is 19.4 Å². The second-order valence-electron chi connectivity index (χ2n) is 7.62. The van der Waals surface area contributed by atoms with Crippen LogP contribution in [0.15, 0.2) is 60.7 Å². The maximum atomic E-state index is 12.6. The van der Waals surface area contributed by atoms with E-state index in [-0.39, 0.29) is 37.2 Å². The number of fused-ring (bicyclic) bond motifs is 1. The Morgan fingerprint density at radius 3 is 2.17 bits per heavy atom. The summed E-state index contributed by atoms with van der Waals surface area (Å²) in [6.45, 7) is 0.597.